The van der Waals surface area contributed by atoms with E-state index in [0.717, 1.165) is 0 Å². The van der Waals surface area contributed by atoms with E-state index >= 15 is 0 Å². The van der Waals surface area contributed by atoms with Crippen LogP contribution in [-0.2, 0) is 9.53 Å². The summed E-state index contributed by atoms with van der Waals surface area (Å²) in [6.07, 6.45) is 0. The quantitative estimate of drug-likeness (QED) is 0.485. The highest BCUT2D eigenvalue weighted by Gasteiger charge is 2.22. The highest BCUT2D eigenvalue weighted by atomic mass is 16.6. The van der Waals surface area contributed by atoms with Crippen LogP contribution in [0.25, 0.3) is 0 Å². The van der Waals surface area contributed by atoms with E-state index in [4.69, 9.17) is 0 Å². The average molecular weight is 252 g/mol. The van der Waals surface area contributed by atoms with Crippen LogP contribution in [0.4, 0.5) is 5.69 Å². The fourth-order valence-corrected chi connectivity index (χ4v) is 1.41. The highest BCUT2D eigenvalue weighted by Crippen LogP contribution is 2.21. The van der Waals surface area contributed by atoms with E-state index in [-0.39, 0.29) is 17.8 Å². The molecule has 0 bridgehead atoms. The summed E-state index contributed by atoms with van der Waals surface area (Å²) < 4.78 is 4.36. The molecule has 1 aromatic rings. The zero-order chi connectivity index (χ0) is 13.7. The van der Waals surface area contributed by atoms with Crippen molar-refractivity contribution in [2.24, 2.45) is 0 Å². The van der Waals surface area contributed by atoms with E-state index in [2.05, 4.69) is 10.1 Å². The molecule has 1 N–H and O–H groups in total. The first kappa shape index (κ1) is 13.6. The predicted molar refractivity (Wildman–Crippen MR) is 62.2 cm³/mol. The Kier molecular flexibility index (Phi) is 4.36. The molecule has 0 aliphatic rings. The molecule has 0 atom stereocenters. The molecule has 0 radical (unpaired) electrons. The lowest BCUT2D eigenvalue weighted by Gasteiger charge is -2.07. The lowest BCUT2D eigenvalue weighted by Crippen LogP contribution is -2.31. The van der Waals surface area contributed by atoms with Crippen LogP contribution in [-0.4, -0.2) is 30.5 Å². The van der Waals surface area contributed by atoms with Crippen molar-refractivity contribution in [3.63, 3.8) is 0 Å². The summed E-state index contributed by atoms with van der Waals surface area (Å²) in [5.41, 5.74) is 0.121. The van der Waals surface area contributed by atoms with Crippen molar-refractivity contribution in [3.8, 4) is 0 Å². The third kappa shape index (κ3) is 3.03. The number of hydrogen-bond acceptors (Lipinski definition) is 5. The van der Waals surface area contributed by atoms with E-state index in [9.17, 15) is 19.7 Å². The zero-order valence-electron chi connectivity index (χ0n) is 9.93. The van der Waals surface area contributed by atoms with Crippen molar-refractivity contribution >= 4 is 17.6 Å². The van der Waals surface area contributed by atoms with Crippen molar-refractivity contribution in [2.75, 3.05) is 13.7 Å². The smallest absolute Gasteiger partial charge is 0.325 e. The lowest BCUT2D eigenvalue weighted by atomic mass is 10.1. The van der Waals surface area contributed by atoms with Crippen molar-refractivity contribution in [3.05, 3.63) is 39.4 Å². The van der Waals surface area contributed by atoms with E-state index < -0.39 is 16.8 Å². The molecule has 0 fully saturated rings. The number of methoxy groups -OCH3 is 1. The summed E-state index contributed by atoms with van der Waals surface area (Å²) in [6, 6.07) is 4.31. The Bertz CT molecular complexity index is 498. The SMILES string of the molecule is COC(=O)CNC(=O)c1c(C)cccc1[N+](=O)[O-]. The van der Waals surface area contributed by atoms with Crippen LogP contribution in [0.2, 0.25) is 0 Å². The third-order valence-corrected chi connectivity index (χ3v) is 2.30. The van der Waals surface area contributed by atoms with Gasteiger partial charge in [0, 0.05) is 6.07 Å². The fraction of sp³-hybridized carbons (Fsp3) is 0.273. The Balaban J connectivity index is 2.98. The Morgan fingerprint density at radius 1 is 1.44 bits per heavy atom. The summed E-state index contributed by atoms with van der Waals surface area (Å²) in [6.45, 7) is 1.25. The molecule has 1 amide bonds. The Labute approximate surface area is 103 Å². The Morgan fingerprint density at radius 2 is 2.11 bits per heavy atom. The van der Waals surface area contributed by atoms with Crippen molar-refractivity contribution in [2.45, 2.75) is 6.92 Å². The maximum absolute atomic E-state index is 11.8. The second kappa shape index (κ2) is 5.76. The minimum Gasteiger partial charge on any atom is -0.468 e. The van der Waals surface area contributed by atoms with Gasteiger partial charge >= 0.3 is 5.97 Å². The number of hydrogen-bond donors (Lipinski definition) is 1. The minimum absolute atomic E-state index is 0.0496. The fourth-order valence-electron chi connectivity index (χ4n) is 1.41. The number of esters is 1. The summed E-state index contributed by atoms with van der Waals surface area (Å²) in [5.74, 6) is -1.30. The molecule has 96 valence electrons. The number of nitrogens with one attached hydrogen (secondary N) is 1. The molecule has 0 saturated heterocycles. The number of nitro groups is 1. The molecule has 0 spiro atoms. The molecular formula is C11H12N2O5. The van der Waals surface area contributed by atoms with Gasteiger partial charge < -0.3 is 10.1 Å². The monoisotopic (exact) mass is 252 g/mol. The van der Waals surface area contributed by atoms with Gasteiger partial charge in [0.2, 0.25) is 0 Å². The number of ether oxygens (including phenoxy) is 1. The first-order valence-electron chi connectivity index (χ1n) is 5.06. The number of rotatable bonds is 4. The first-order valence-corrected chi connectivity index (χ1v) is 5.06. The largest absolute Gasteiger partial charge is 0.468 e. The maximum atomic E-state index is 11.8. The Hall–Kier alpha value is -2.44. The van der Waals surface area contributed by atoms with Crippen LogP contribution in [0.3, 0.4) is 0 Å². The molecule has 0 aromatic heterocycles. The van der Waals surface area contributed by atoms with Crippen LogP contribution < -0.4 is 5.32 Å². The summed E-state index contributed by atoms with van der Waals surface area (Å²) in [7, 11) is 1.19. The van der Waals surface area contributed by atoms with Crippen LogP contribution in [0.5, 0.6) is 0 Å². The summed E-state index contributed by atoms with van der Waals surface area (Å²) in [4.78, 5) is 32.8. The standard InChI is InChI=1S/C11H12N2O5/c1-7-4-3-5-8(13(16)17)10(7)11(15)12-6-9(14)18-2/h3-5H,6H2,1-2H3,(H,12,15). The van der Waals surface area contributed by atoms with Gasteiger partial charge in [-0.05, 0) is 12.5 Å². The minimum atomic E-state index is -0.676. The van der Waals surface area contributed by atoms with Crippen LogP contribution in [0.1, 0.15) is 15.9 Å². The molecule has 1 rings (SSSR count). The molecule has 0 unspecified atom stereocenters. The summed E-state index contributed by atoms with van der Waals surface area (Å²) in [5, 5.41) is 13.1. The average Bonchev–Trinajstić information content (AvgIpc) is 2.34. The van der Waals surface area contributed by atoms with E-state index in [1.54, 1.807) is 13.0 Å². The molecule has 0 heterocycles. The molecule has 7 nitrogen and oxygen atoms in total. The van der Waals surface area contributed by atoms with Crippen LogP contribution in [0.15, 0.2) is 18.2 Å². The van der Waals surface area contributed by atoms with Gasteiger partial charge in [0.25, 0.3) is 11.6 Å². The van der Waals surface area contributed by atoms with Crippen molar-refractivity contribution < 1.29 is 19.2 Å². The number of benzene rings is 1. The number of nitrogens with zero attached hydrogens (tertiary/aromatic N) is 1. The van der Waals surface area contributed by atoms with Gasteiger partial charge in [-0.15, -0.1) is 0 Å². The zero-order valence-corrected chi connectivity index (χ0v) is 9.93. The molecular weight excluding hydrogens is 240 g/mol. The molecule has 7 heteroatoms. The van der Waals surface area contributed by atoms with Crippen molar-refractivity contribution in [1.29, 1.82) is 0 Å². The lowest BCUT2D eigenvalue weighted by molar-refractivity contribution is -0.385. The van der Waals surface area contributed by atoms with Gasteiger partial charge in [0.15, 0.2) is 0 Å². The van der Waals surface area contributed by atoms with E-state index in [1.165, 1.54) is 19.2 Å². The summed E-state index contributed by atoms with van der Waals surface area (Å²) >= 11 is 0. The molecule has 0 aliphatic carbocycles. The van der Waals surface area contributed by atoms with Gasteiger partial charge in [0.05, 0.1) is 12.0 Å². The number of aryl methyl sites for hydroxylation is 1. The van der Waals surface area contributed by atoms with Gasteiger partial charge in [-0.1, -0.05) is 12.1 Å². The normalized spacial score (nSPS) is 9.67. The third-order valence-electron chi connectivity index (χ3n) is 2.30. The number of nitro benzene ring substituents is 1. The number of carbonyl (C=O) groups excluding carboxylic acids is 2. The molecule has 0 aliphatic heterocycles. The Morgan fingerprint density at radius 3 is 2.67 bits per heavy atom. The van der Waals surface area contributed by atoms with E-state index in [0.29, 0.717) is 5.56 Å². The maximum Gasteiger partial charge on any atom is 0.325 e. The second-order valence-corrected chi connectivity index (χ2v) is 3.48. The molecule has 0 saturated carbocycles. The topological polar surface area (TPSA) is 98.5 Å². The molecule has 1 aromatic carbocycles. The predicted octanol–water partition coefficient (Wildman–Crippen LogP) is 0.806. The molecule has 18 heavy (non-hydrogen) atoms. The van der Waals surface area contributed by atoms with E-state index in [1.807, 2.05) is 0 Å². The second-order valence-electron chi connectivity index (χ2n) is 3.48. The number of carbonyl (C=O) groups is 2. The highest BCUT2D eigenvalue weighted by molar-refractivity contribution is 6.00. The number of amides is 1. The van der Waals surface area contributed by atoms with Crippen LogP contribution in [0, 0.1) is 17.0 Å². The first-order chi connectivity index (χ1) is 8.47. The van der Waals surface area contributed by atoms with Gasteiger partial charge in [-0.25, -0.2) is 0 Å². The van der Waals surface area contributed by atoms with Crippen molar-refractivity contribution in [1.82, 2.24) is 5.32 Å². The van der Waals surface area contributed by atoms with Gasteiger partial charge in [-0.2, -0.15) is 0 Å². The van der Waals surface area contributed by atoms with Gasteiger partial charge in [-0.3, -0.25) is 19.7 Å². The van der Waals surface area contributed by atoms with Crippen LogP contribution >= 0.6 is 0 Å². The van der Waals surface area contributed by atoms with Gasteiger partial charge in [0.1, 0.15) is 12.1 Å².